The summed E-state index contributed by atoms with van der Waals surface area (Å²) in [5.74, 6) is 1.82. The lowest BCUT2D eigenvalue weighted by atomic mass is 9.97. The van der Waals surface area contributed by atoms with Crippen LogP contribution >= 0.6 is 11.3 Å². The van der Waals surface area contributed by atoms with Crippen molar-refractivity contribution in [3.63, 3.8) is 0 Å². The Morgan fingerprint density at radius 1 is 0.288 bits per heavy atom. The summed E-state index contributed by atoms with van der Waals surface area (Å²) in [6.07, 6.45) is 0. The zero-order valence-electron chi connectivity index (χ0n) is 35.6. The van der Waals surface area contributed by atoms with Gasteiger partial charge in [-0.3, -0.25) is 0 Å². The second kappa shape index (κ2) is 15.6. The van der Waals surface area contributed by atoms with Gasteiger partial charge < -0.3 is 4.57 Å². The van der Waals surface area contributed by atoms with Crippen molar-refractivity contribution >= 4 is 64.1 Å². The van der Waals surface area contributed by atoms with Crippen molar-refractivity contribution in [3.05, 3.63) is 231 Å². The number of aromatic nitrogens is 4. The molecule has 5 heteroatoms. The first-order valence-electron chi connectivity index (χ1n) is 22.3. The lowest BCUT2D eigenvalue weighted by molar-refractivity contribution is 1.06. The summed E-state index contributed by atoms with van der Waals surface area (Å²) < 4.78 is 4.96. The van der Waals surface area contributed by atoms with E-state index in [0.717, 1.165) is 55.7 Å². The van der Waals surface area contributed by atoms with Gasteiger partial charge in [-0.05, 0) is 80.6 Å². The maximum atomic E-state index is 5.37. The highest BCUT2D eigenvalue weighted by atomic mass is 32.1. The van der Waals surface area contributed by atoms with E-state index in [1.54, 1.807) is 0 Å². The average molecular weight is 859 g/mol. The molecular formula is C61H38N4S. The molecular weight excluding hydrogens is 821 g/mol. The van der Waals surface area contributed by atoms with E-state index < -0.39 is 0 Å². The molecule has 66 heavy (non-hydrogen) atoms. The molecule has 0 N–H and O–H groups in total. The first-order chi connectivity index (χ1) is 32.7. The van der Waals surface area contributed by atoms with Crippen LogP contribution in [0.5, 0.6) is 0 Å². The topological polar surface area (TPSA) is 43.6 Å². The Hall–Kier alpha value is -8.51. The van der Waals surface area contributed by atoms with E-state index in [2.05, 4.69) is 235 Å². The second-order valence-corrected chi connectivity index (χ2v) is 17.8. The van der Waals surface area contributed by atoms with Crippen molar-refractivity contribution in [2.75, 3.05) is 0 Å². The van der Waals surface area contributed by atoms with Crippen LogP contribution < -0.4 is 0 Å². The predicted molar refractivity (Wildman–Crippen MR) is 277 cm³/mol. The molecule has 0 aliphatic carbocycles. The van der Waals surface area contributed by atoms with Gasteiger partial charge in [-0.1, -0.05) is 194 Å². The number of thiophene rings is 1. The van der Waals surface area contributed by atoms with Gasteiger partial charge in [-0.15, -0.1) is 11.3 Å². The lowest BCUT2D eigenvalue weighted by Gasteiger charge is -2.16. The van der Waals surface area contributed by atoms with Crippen LogP contribution in [-0.4, -0.2) is 19.5 Å². The van der Waals surface area contributed by atoms with Crippen LogP contribution in [-0.2, 0) is 0 Å². The summed E-state index contributed by atoms with van der Waals surface area (Å²) >= 11 is 1.84. The number of rotatable bonds is 7. The maximum Gasteiger partial charge on any atom is 0.166 e. The zero-order valence-corrected chi connectivity index (χ0v) is 36.5. The van der Waals surface area contributed by atoms with Crippen molar-refractivity contribution in [2.45, 2.75) is 0 Å². The third-order valence-corrected chi connectivity index (χ3v) is 14.0. The molecule has 13 aromatic rings. The highest BCUT2D eigenvalue weighted by molar-refractivity contribution is 7.25. The Labute approximate surface area is 385 Å². The van der Waals surface area contributed by atoms with E-state index in [4.69, 9.17) is 15.0 Å². The molecule has 308 valence electrons. The lowest BCUT2D eigenvalue weighted by Crippen LogP contribution is -2.04. The Balaban J connectivity index is 0.987. The molecule has 0 radical (unpaired) electrons. The second-order valence-electron chi connectivity index (χ2n) is 16.8. The largest absolute Gasteiger partial charge is 0.308 e. The molecule has 0 bridgehead atoms. The van der Waals surface area contributed by atoms with Crippen LogP contribution in [0.2, 0.25) is 0 Å². The van der Waals surface area contributed by atoms with Gasteiger partial charge >= 0.3 is 0 Å². The van der Waals surface area contributed by atoms with Crippen molar-refractivity contribution < 1.29 is 0 Å². The minimum absolute atomic E-state index is 0.601. The summed E-state index contributed by atoms with van der Waals surface area (Å²) in [7, 11) is 0. The highest BCUT2D eigenvalue weighted by Gasteiger charge is 2.21. The third kappa shape index (κ3) is 6.48. The van der Waals surface area contributed by atoms with Crippen molar-refractivity contribution in [2.24, 2.45) is 0 Å². The van der Waals surface area contributed by atoms with Crippen molar-refractivity contribution in [1.82, 2.24) is 19.5 Å². The first kappa shape index (κ1) is 38.0. The normalized spacial score (nSPS) is 11.6. The van der Waals surface area contributed by atoms with Gasteiger partial charge in [0.2, 0.25) is 0 Å². The van der Waals surface area contributed by atoms with Crippen LogP contribution in [0, 0.1) is 0 Å². The van der Waals surface area contributed by atoms with E-state index >= 15 is 0 Å². The summed E-state index contributed by atoms with van der Waals surface area (Å²) in [4.78, 5) is 16.0. The Bertz CT molecular complexity index is 3920. The van der Waals surface area contributed by atoms with Crippen LogP contribution in [0.15, 0.2) is 231 Å². The molecule has 0 atom stereocenters. The molecule has 0 aliphatic rings. The quantitative estimate of drug-likeness (QED) is 0.160. The summed E-state index contributed by atoms with van der Waals surface area (Å²) in [5, 5.41) is 7.43. The predicted octanol–water partition coefficient (Wildman–Crippen LogP) is 16.5. The Morgan fingerprint density at radius 2 is 0.788 bits per heavy atom. The SMILES string of the molecule is c1ccc(-c2ccc(-c3nc(-c4ccc(-c5ccc6c(c5)sc5ccccc56)cc4)nc(-c4ccc(-c5cccc6ccccc56)cc4)n3)c(-n3c4ccccc4c4ccccc43)c2)cc1. The van der Waals surface area contributed by atoms with Gasteiger partial charge in [-0.25, -0.2) is 15.0 Å². The maximum absolute atomic E-state index is 5.37. The van der Waals surface area contributed by atoms with Crippen LogP contribution in [0.3, 0.4) is 0 Å². The van der Waals surface area contributed by atoms with Crippen LogP contribution in [0.1, 0.15) is 0 Å². The van der Waals surface area contributed by atoms with E-state index in [9.17, 15) is 0 Å². The molecule has 0 aliphatic heterocycles. The fourth-order valence-electron chi connectivity index (χ4n) is 9.65. The molecule has 3 aromatic heterocycles. The molecule has 0 saturated carbocycles. The summed E-state index contributed by atoms with van der Waals surface area (Å²) in [6.45, 7) is 0. The molecule has 10 aromatic carbocycles. The minimum Gasteiger partial charge on any atom is -0.308 e. The Kier molecular flexibility index (Phi) is 9.00. The number of fused-ring (bicyclic) bond motifs is 7. The average Bonchev–Trinajstić information content (AvgIpc) is 3.94. The van der Waals surface area contributed by atoms with E-state index in [0.29, 0.717) is 17.5 Å². The molecule has 0 saturated heterocycles. The monoisotopic (exact) mass is 858 g/mol. The standard InChI is InChI=1S/C61H38N4S/c1-2-13-39(14-3-1)45-34-36-53(56(37-45)65-54-22-9-6-18-49(54)50-19-7-10-23-55(50)65)61-63-59(43-29-25-40(26-30-43)46-33-35-52-51-20-8-11-24-57(51)66-58(52)38-46)62-60(64-61)44-31-27-42(28-32-44)48-21-12-16-41-15-4-5-17-47(41)48/h1-38H. The minimum atomic E-state index is 0.601. The molecule has 4 nitrogen and oxygen atoms in total. The van der Waals surface area contributed by atoms with Gasteiger partial charge in [0.15, 0.2) is 17.5 Å². The van der Waals surface area contributed by atoms with Crippen LogP contribution in [0.4, 0.5) is 0 Å². The fraction of sp³-hybridized carbons (Fsp3) is 0. The van der Waals surface area contributed by atoms with Gasteiger partial charge in [0.1, 0.15) is 0 Å². The summed E-state index contributed by atoms with van der Waals surface area (Å²) in [6, 6.07) is 82.3. The molecule has 0 spiro atoms. The zero-order chi connectivity index (χ0) is 43.6. The van der Waals surface area contributed by atoms with Crippen LogP contribution in [0.25, 0.3) is 126 Å². The number of benzene rings is 10. The van der Waals surface area contributed by atoms with Gasteiger partial charge in [0.25, 0.3) is 0 Å². The molecule has 0 unspecified atom stereocenters. The van der Waals surface area contributed by atoms with Gasteiger partial charge in [0, 0.05) is 47.6 Å². The van der Waals surface area contributed by atoms with Crippen molar-refractivity contribution in [3.8, 4) is 73.2 Å². The van der Waals surface area contributed by atoms with E-state index in [1.165, 1.54) is 52.8 Å². The number of nitrogens with zero attached hydrogens (tertiary/aromatic N) is 4. The molecule has 0 amide bonds. The smallest absolute Gasteiger partial charge is 0.166 e. The molecule has 3 heterocycles. The number of para-hydroxylation sites is 2. The number of hydrogen-bond donors (Lipinski definition) is 0. The fourth-order valence-corrected chi connectivity index (χ4v) is 10.8. The van der Waals surface area contributed by atoms with E-state index in [1.807, 2.05) is 11.3 Å². The third-order valence-electron chi connectivity index (χ3n) is 12.9. The summed E-state index contributed by atoms with van der Waals surface area (Å²) in [5.41, 5.74) is 12.9. The molecule has 13 rings (SSSR count). The van der Waals surface area contributed by atoms with Gasteiger partial charge in [-0.2, -0.15) is 0 Å². The Morgan fingerprint density at radius 3 is 1.52 bits per heavy atom. The highest BCUT2D eigenvalue weighted by Crippen LogP contribution is 2.40. The first-order valence-corrected chi connectivity index (χ1v) is 23.1. The van der Waals surface area contributed by atoms with E-state index in [-0.39, 0.29) is 0 Å². The molecule has 0 fully saturated rings. The van der Waals surface area contributed by atoms with Crippen molar-refractivity contribution in [1.29, 1.82) is 0 Å². The van der Waals surface area contributed by atoms with Gasteiger partial charge in [0.05, 0.1) is 16.7 Å². The number of hydrogen-bond acceptors (Lipinski definition) is 4.